The van der Waals surface area contributed by atoms with Crippen LogP contribution in [0.4, 0.5) is 0 Å². The molecule has 0 spiro atoms. The van der Waals surface area contributed by atoms with Crippen LogP contribution >= 0.6 is 0 Å². The molecule has 1 atom stereocenters. The molecule has 0 aliphatic heterocycles. The molecule has 6 heteroatoms. The number of ether oxygens (including phenoxy) is 1. The van der Waals surface area contributed by atoms with Crippen LogP contribution in [0.3, 0.4) is 0 Å². The van der Waals surface area contributed by atoms with Gasteiger partial charge in [-0.05, 0) is 6.42 Å². The summed E-state index contributed by atoms with van der Waals surface area (Å²) in [5.41, 5.74) is 0. The number of likely N-dealkylation sites (N-methyl/N-ethyl adjacent to an activating group) is 1. The molecule has 100 valence electrons. The molecule has 1 unspecified atom stereocenters. The molecule has 0 rings (SSSR count). The first-order chi connectivity index (χ1) is 7.74. The van der Waals surface area contributed by atoms with Gasteiger partial charge in [0.15, 0.2) is 6.10 Å². The average Bonchev–Trinajstić information content (AvgIpc) is 2.10. The molecule has 0 radical (unpaired) electrons. The number of carboxylic acids is 1. The van der Waals surface area contributed by atoms with Crippen LogP contribution in [0.15, 0.2) is 0 Å². The largest absolute Gasteiger partial charge is 0.481 e. The van der Waals surface area contributed by atoms with Gasteiger partial charge in [-0.15, -0.1) is 0 Å². The second kappa shape index (κ2) is 7.24. The van der Waals surface area contributed by atoms with Crippen LogP contribution in [0.25, 0.3) is 0 Å². The molecule has 0 aromatic carbocycles. The Kier molecular flexibility index (Phi) is 6.75. The zero-order chi connectivity index (χ0) is 13.5. The van der Waals surface area contributed by atoms with E-state index in [-0.39, 0.29) is 19.4 Å². The van der Waals surface area contributed by atoms with Gasteiger partial charge in [-0.2, -0.15) is 0 Å². The highest BCUT2D eigenvalue weighted by atomic mass is 16.5. The summed E-state index contributed by atoms with van der Waals surface area (Å²) >= 11 is 0. The Bertz CT molecular complexity index is 259. The lowest BCUT2D eigenvalue weighted by Crippen LogP contribution is -2.43. The van der Waals surface area contributed by atoms with Crippen molar-refractivity contribution in [3.8, 4) is 0 Å². The highest BCUT2D eigenvalue weighted by molar-refractivity contribution is 5.71. The molecule has 0 aromatic rings. The molecule has 0 saturated heterocycles. The maximum absolute atomic E-state index is 11.3. The van der Waals surface area contributed by atoms with Crippen LogP contribution in [0, 0.1) is 0 Å². The van der Waals surface area contributed by atoms with E-state index in [1.165, 1.54) is 0 Å². The fourth-order valence-corrected chi connectivity index (χ4v) is 1.42. The van der Waals surface area contributed by atoms with Gasteiger partial charge in [0.05, 0.1) is 27.6 Å². The third kappa shape index (κ3) is 9.77. The van der Waals surface area contributed by atoms with Gasteiger partial charge < -0.3 is 19.4 Å². The number of carbonyl (C=O) groups is 2. The Hall–Kier alpha value is -1.14. The van der Waals surface area contributed by atoms with Gasteiger partial charge in [0.2, 0.25) is 0 Å². The average molecular weight is 248 g/mol. The van der Waals surface area contributed by atoms with E-state index in [1.54, 1.807) is 0 Å². The van der Waals surface area contributed by atoms with Crippen molar-refractivity contribution in [1.82, 2.24) is 0 Å². The Morgan fingerprint density at radius 2 is 1.88 bits per heavy atom. The number of aliphatic carboxylic acids is 1. The van der Waals surface area contributed by atoms with Crippen LogP contribution in [0.5, 0.6) is 0 Å². The number of carbonyl (C=O) groups excluding carboxylic acids is 1. The molecule has 2 N–H and O–H groups in total. The minimum Gasteiger partial charge on any atom is -0.481 e. The fourth-order valence-electron chi connectivity index (χ4n) is 1.42. The summed E-state index contributed by atoms with van der Waals surface area (Å²) in [6.45, 7) is 0.366. The maximum Gasteiger partial charge on any atom is 0.307 e. The second-order valence-corrected chi connectivity index (χ2v) is 5.01. The van der Waals surface area contributed by atoms with Crippen LogP contribution in [0.1, 0.15) is 19.3 Å². The van der Waals surface area contributed by atoms with Crippen LogP contribution < -0.4 is 0 Å². The number of quaternary nitrogens is 1. The van der Waals surface area contributed by atoms with Crippen LogP contribution in [-0.4, -0.2) is 67.0 Å². The summed E-state index contributed by atoms with van der Waals surface area (Å²) in [5, 5.41) is 17.3. The summed E-state index contributed by atoms with van der Waals surface area (Å²) in [6.07, 6.45) is -0.369. The van der Waals surface area contributed by atoms with Crippen molar-refractivity contribution in [2.45, 2.75) is 25.4 Å². The quantitative estimate of drug-likeness (QED) is 0.461. The Balaban J connectivity index is 4.28. The Labute approximate surface area is 101 Å². The van der Waals surface area contributed by atoms with E-state index in [4.69, 9.17) is 14.9 Å². The molecule has 0 saturated carbocycles. The molecule has 0 fully saturated rings. The number of nitrogens with zero attached hydrogens (tertiary/aromatic N) is 1. The molecule has 6 nitrogen and oxygen atoms in total. The fraction of sp³-hybridized carbons (Fsp3) is 0.818. The van der Waals surface area contributed by atoms with E-state index < -0.39 is 18.0 Å². The second-order valence-electron chi connectivity index (χ2n) is 5.01. The van der Waals surface area contributed by atoms with E-state index in [9.17, 15) is 9.59 Å². The third-order valence-electron chi connectivity index (χ3n) is 1.99. The van der Waals surface area contributed by atoms with Crippen molar-refractivity contribution < 1.29 is 29.0 Å². The van der Waals surface area contributed by atoms with Crippen molar-refractivity contribution in [2.75, 3.05) is 34.3 Å². The van der Waals surface area contributed by atoms with Crippen molar-refractivity contribution in [3.05, 3.63) is 0 Å². The van der Waals surface area contributed by atoms with Gasteiger partial charge in [-0.1, -0.05) is 0 Å². The van der Waals surface area contributed by atoms with Crippen LogP contribution in [-0.2, 0) is 14.3 Å². The van der Waals surface area contributed by atoms with Crippen molar-refractivity contribution >= 4 is 11.9 Å². The topological polar surface area (TPSA) is 83.8 Å². The summed E-state index contributed by atoms with van der Waals surface area (Å²) in [5.74, 6) is -1.45. The van der Waals surface area contributed by atoms with Gasteiger partial charge in [0, 0.05) is 13.0 Å². The first kappa shape index (κ1) is 15.9. The zero-order valence-corrected chi connectivity index (χ0v) is 10.7. The third-order valence-corrected chi connectivity index (χ3v) is 1.99. The van der Waals surface area contributed by atoms with Gasteiger partial charge >= 0.3 is 11.9 Å². The lowest BCUT2D eigenvalue weighted by molar-refractivity contribution is -0.873. The van der Waals surface area contributed by atoms with Gasteiger partial charge in [-0.3, -0.25) is 9.59 Å². The van der Waals surface area contributed by atoms with E-state index >= 15 is 0 Å². The predicted molar refractivity (Wildman–Crippen MR) is 61.4 cm³/mol. The maximum atomic E-state index is 11.3. The number of carboxylic acid groups (broad SMARTS) is 1. The highest BCUT2D eigenvalue weighted by Gasteiger charge is 2.24. The first-order valence-corrected chi connectivity index (χ1v) is 5.57. The number of esters is 1. The van der Waals surface area contributed by atoms with E-state index in [0.717, 1.165) is 0 Å². The van der Waals surface area contributed by atoms with E-state index in [0.29, 0.717) is 17.4 Å². The molecule has 0 heterocycles. The zero-order valence-electron chi connectivity index (χ0n) is 10.7. The summed E-state index contributed by atoms with van der Waals surface area (Å²) in [7, 11) is 5.70. The highest BCUT2D eigenvalue weighted by Crippen LogP contribution is 2.07. The minimum absolute atomic E-state index is 0.0754. The molecule has 0 aliphatic carbocycles. The number of hydrogen-bond donors (Lipinski definition) is 2. The van der Waals surface area contributed by atoms with Crippen molar-refractivity contribution in [1.29, 1.82) is 0 Å². The number of aliphatic hydroxyl groups excluding tert-OH is 1. The predicted octanol–water partition coefficient (Wildman–Crippen LogP) is -0.148. The molecule has 0 aromatic heterocycles. The molecular formula is C11H22NO5+. The Morgan fingerprint density at radius 3 is 2.29 bits per heavy atom. The van der Waals surface area contributed by atoms with Gasteiger partial charge in [0.1, 0.15) is 6.54 Å². The lowest BCUT2D eigenvalue weighted by atomic mass is 10.2. The van der Waals surface area contributed by atoms with Crippen LogP contribution in [0.2, 0.25) is 0 Å². The van der Waals surface area contributed by atoms with E-state index in [2.05, 4.69) is 0 Å². The van der Waals surface area contributed by atoms with Gasteiger partial charge in [0.25, 0.3) is 0 Å². The first-order valence-electron chi connectivity index (χ1n) is 5.57. The number of hydrogen-bond acceptors (Lipinski definition) is 4. The molecular weight excluding hydrogens is 226 g/mol. The standard InChI is InChI=1S/C11H21NO5/c1-12(2,3)8-9(7-10(14)15)17-11(16)5-4-6-13/h9,13H,4-8H2,1-3H3/p+1. The molecule has 0 amide bonds. The molecule has 0 bridgehead atoms. The molecule has 17 heavy (non-hydrogen) atoms. The summed E-state index contributed by atoms with van der Waals surface area (Å²) in [4.78, 5) is 22.0. The normalized spacial score (nSPS) is 13.2. The monoisotopic (exact) mass is 248 g/mol. The summed E-state index contributed by atoms with van der Waals surface area (Å²) in [6, 6.07) is 0. The minimum atomic E-state index is -0.988. The Morgan fingerprint density at radius 1 is 1.29 bits per heavy atom. The van der Waals surface area contributed by atoms with E-state index in [1.807, 2.05) is 21.1 Å². The number of aliphatic hydroxyl groups is 1. The number of rotatable bonds is 8. The van der Waals surface area contributed by atoms with Crippen molar-refractivity contribution in [3.63, 3.8) is 0 Å². The lowest BCUT2D eigenvalue weighted by Gasteiger charge is -2.28. The summed E-state index contributed by atoms with van der Waals surface area (Å²) < 4.78 is 5.61. The van der Waals surface area contributed by atoms with Crippen molar-refractivity contribution in [2.24, 2.45) is 0 Å². The van der Waals surface area contributed by atoms with Gasteiger partial charge in [-0.25, -0.2) is 0 Å². The SMILES string of the molecule is C[N+](C)(C)CC(CC(=O)O)OC(=O)CCCO. The molecule has 0 aliphatic rings. The smallest absolute Gasteiger partial charge is 0.307 e.